The summed E-state index contributed by atoms with van der Waals surface area (Å²) >= 11 is 5.93. The van der Waals surface area contributed by atoms with Gasteiger partial charge in [-0.3, -0.25) is 0 Å². The topological polar surface area (TPSA) is 76.9 Å². The van der Waals surface area contributed by atoms with Crippen LogP contribution in [0.25, 0.3) is 0 Å². The van der Waals surface area contributed by atoms with Crippen molar-refractivity contribution in [2.24, 2.45) is 0 Å². The number of hydrogen-bond donors (Lipinski definition) is 1. The minimum atomic E-state index is -3.69. The van der Waals surface area contributed by atoms with Crippen molar-refractivity contribution < 1.29 is 8.42 Å². The molecule has 3 aromatic rings. The zero-order chi connectivity index (χ0) is 16.3. The maximum atomic E-state index is 12.2. The monoisotopic (exact) mass is 348 g/mol. The Bertz CT molecular complexity index is 910. The fourth-order valence-electron chi connectivity index (χ4n) is 2.02. The largest absolute Gasteiger partial charge is 0.264 e. The zero-order valence-corrected chi connectivity index (χ0v) is 13.5. The molecule has 0 fully saturated rings. The number of nitrogens with one attached hydrogen (secondary N) is 1. The van der Waals surface area contributed by atoms with Crippen LogP contribution in [0.15, 0.2) is 65.8 Å². The van der Waals surface area contributed by atoms with Crippen LogP contribution in [0.3, 0.4) is 0 Å². The van der Waals surface area contributed by atoms with E-state index in [-0.39, 0.29) is 10.8 Å². The van der Waals surface area contributed by atoms with Crippen molar-refractivity contribution in [3.05, 3.63) is 71.5 Å². The van der Waals surface area contributed by atoms with Gasteiger partial charge in [-0.05, 0) is 29.8 Å². The van der Waals surface area contributed by atoms with Gasteiger partial charge in [0.05, 0.1) is 11.4 Å². The van der Waals surface area contributed by atoms with Crippen molar-refractivity contribution in [3.63, 3.8) is 0 Å². The quantitative estimate of drug-likeness (QED) is 0.769. The molecule has 0 radical (unpaired) electrons. The Kier molecular flexibility index (Phi) is 4.31. The number of aromatic nitrogens is 3. The average molecular weight is 349 g/mol. The molecule has 1 N–H and O–H groups in total. The number of anilines is 1. The second kappa shape index (κ2) is 6.39. The third-order valence-corrected chi connectivity index (χ3v) is 4.63. The molecule has 6 nitrogen and oxygen atoms in total. The molecule has 0 saturated carbocycles. The molecule has 0 atom stereocenters. The summed E-state index contributed by atoms with van der Waals surface area (Å²) in [5, 5.41) is 4.75. The lowest BCUT2D eigenvalue weighted by molar-refractivity contribution is 0.600. The first-order valence-electron chi connectivity index (χ1n) is 6.75. The maximum absolute atomic E-state index is 12.2. The van der Waals surface area contributed by atoms with Gasteiger partial charge in [-0.25, -0.2) is 17.8 Å². The molecule has 2 aromatic carbocycles. The van der Waals surface area contributed by atoms with Crippen LogP contribution >= 0.6 is 11.6 Å². The normalized spacial score (nSPS) is 11.3. The summed E-state index contributed by atoms with van der Waals surface area (Å²) in [6.07, 6.45) is 1.46. The molecule has 1 heterocycles. The van der Waals surface area contributed by atoms with E-state index < -0.39 is 10.0 Å². The van der Waals surface area contributed by atoms with Crippen molar-refractivity contribution in [3.8, 4) is 0 Å². The highest BCUT2D eigenvalue weighted by Crippen LogP contribution is 2.14. The number of hydrogen-bond acceptors (Lipinski definition) is 4. The van der Waals surface area contributed by atoms with Crippen LogP contribution in [0.2, 0.25) is 5.02 Å². The lowest BCUT2D eigenvalue weighted by atomic mass is 10.2. The third-order valence-electron chi connectivity index (χ3n) is 3.05. The Labute approximate surface area is 138 Å². The zero-order valence-electron chi connectivity index (χ0n) is 11.9. The summed E-state index contributed by atoms with van der Waals surface area (Å²) in [4.78, 5) is 4.13. The number of rotatable bonds is 5. The van der Waals surface area contributed by atoms with Crippen LogP contribution in [-0.2, 0) is 16.6 Å². The van der Waals surface area contributed by atoms with Crippen LogP contribution in [0.5, 0.6) is 0 Å². The summed E-state index contributed by atoms with van der Waals surface area (Å²) in [6, 6.07) is 15.4. The summed E-state index contributed by atoms with van der Waals surface area (Å²) < 4.78 is 28.3. The molecule has 8 heteroatoms. The van der Waals surface area contributed by atoms with E-state index in [9.17, 15) is 8.42 Å². The molecule has 0 bridgehead atoms. The maximum Gasteiger partial charge on any atom is 0.264 e. The van der Waals surface area contributed by atoms with E-state index in [1.54, 1.807) is 24.3 Å². The molecule has 0 aliphatic rings. The SMILES string of the molecule is O=S(=O)(Nc1ncn(Cc2cccc(Cl)c2)n1)c1ccccc1. The molecule has 23 heavy (non-hydrogen) atoms. The van der Waals surface area contributed by atoms with E-state index in [2.05, 4.69) is 14.8 Å². The molecule has 0 unspecified atom stereocenters. The van der Waals surface area contributed by atoms with Crippen molar-refractivity contribution in [1.29, 1.82) is 0 Å². The summed E-state index contributed by atoms with van der Waals surface area (Å²) in [6.45, 7) is 0.445. The van der Waals surface area contributed by atoms with Gasteiger partial charge in [-0.15, -0.1) is 5.10 Å². The number of sulfonamides is 1. The van der Waals surface area contributed by atoms with E-state index in [4.69, 9.17) is 11.6 Å². The van der Waals surface area contributed by atoms with Gasteiger partial charge in [-0.1, -0.05) is 41.9 Å². The predicted octanol–water partition coefficient (Wildman–Crippen LogP) is 2.78. The highest BCUT2D eigenvalue weighted by molar-refractivity contribution is 7.92. The van der Waals surface area contributed by atoms with Crippen molar-refractivity contribution in [2.75, 3.05) is 4.72 Å². The molecular weight excluding hydrogens is 336 g/mol. The second-order valence-electron chi connectivity index (χ2n) is 4.81. The molecule has 0 aliphatic heterocycles. The lowest BCUT2D eigenvalue weighted by Gasteiger charge is -2.04. The standard InChI is InChI=1S/C15H13ClN4O2S/c16-13-6-4-5-12(9-13)10-20-11-17-15(18-20)19-23(21,22)14-7-2-1-3-8-14/h1-9,11H,10H2,(H,18,19). The number of nitrogens with zero attached hydrogens (tertiary/aromatic N) is 3. The molecule has 1 aromatic heterocycles. The molecule has 3 rings (SSSR count). The van der Waals surface area contributed by atoms with E-state index in [1.807, 2.05) is 18.2 Å². The van der Waals surface area contributed by atoms with Crippen LogP contribution in [0.1, 0.15) is 5.56 Å². The first kappa shape index (κ1) is 15.5. The molecule has 0 spiro atoms. The Morgan fingerprint density at radius 2 is 1.87 bits per heavy atom. The number of benzene rings is 2. The Balaban J connectivity index is 1.75. The molecule has 0 saturated heterocycles. The predicted molar refractivity (Wildman–Crippen MR) is 87.8 cm³/mol. The smallest absolute Gasteiger partial charge is 0.246 e. The van der Waals surface area contributed by atoms with E-state index in [0.717, 1.165) is 5.56 Å². The van der Waals surface area contributed by atoms with Crippen LogP contribution in [0, 0.1) is 0 Å². The Morgan fingerprint density at radius 1 is 1.09 bits per heavy atom. The van der Waals surface area contributed by atoms with E-state index in [0.29, 0.717) is 11.6 Å². The first-order chi connectivity index (χ1) is 11.0. The van der Waals surface area contributed by atoms with Gasteiger partial charge in [0.2, 0.25) is 0 Å². The highest BCUT2D eigenvalue weighted by Gasteiger charge is 2.15. The van der Waals surface area contributed by atoms with Gasteiger partial charge in [0.25, 0.3) is 16.0 Å². The van der Waals surface area contributed by atoms with Gasteiger partial charge in [0.1, 0.15) is 6.33 Å². The Morgan fingerprint density at radius 3 is 2.61 bits per heavy atom. The highest BCUT2D eigenvalue weighted by atomic mass is 35.5. The van der Waals surface area contributed by atoms with Gasteiger partial charge < -0.3 is 0 Å². The first-order valence-corrected chi connectivity index (χ1v) is 8.61. The lowest BCUT2D eigenvalue weighted by Crippen LogP contribution is -2.14. The minimum absolute atomic E-state index is 0.0240. The summed E-state index contributed by atoms with van der Waals surface area (Å²) in [7, 11) is -3.69. The third kappa shape index (κ3) is 3.88. The molecule has 0 aliphatic carbocycles. The van der Waals surface area contributed by atoms with Gasteiger partial charge >= 0.3 is 0 Å². The average Bonchev–Trinajstić information content (AvgIpc) is 2.94. The number of halogens is 1. The van der Waals surface area contributed by atoms with Gasteiger partial charge in [-0.2, -0.15) is 4.98 Å². The summed E-state index contributed by atoms with van der Waals surface area (Å²) in [5.41, 5.74) is 0.944. The fraction of sp³-hybridized carbons (Fsp3) is 0.0667. The Hall–Kier alpha value is -2.38. The molecule has 118 valence electrons. The fourth-order valence-corrected chi connectivity index (χ4v) is 3.20. The van der Waals surface area contributed by atoms with Crippen LogP contribution < -0.4 is 4.72 Å². The molecule has 0 amide bonds. The minimum Gasteiger partial charge on any atom is -0.246 e. The second-order valence-corrected chi connectivity index (χ2v) is 6.93. The van der Waals surface area contributed by atoms with E-state index in [1.165, 1.54) is 23.1 Å². The van der Waals surface area contributed by atoms with Crippen molar-refractivity contribution in [1.82, 2.24) is 14.8 Å². The van der Waals surface area contributed by atoms with E-state index >= 15 is 0 Å². The van der Waals surface area contributed by atoms with Gasteiger partial charge in [0.15, 0.2) is 0 Å². The summed E-state index contributed by atoms with van der Waals surface area (Å²) in [5.74, 6) is 0.0240. The van der Waals surface area contributed by atoms with Crippen LogP contribution in [-0.4, -0.2) is 23.2 Å². The van der Waals surface area contributed by atoms with Crippen molar-refractivity contribution >= 4 is 27.6 Å². The molecular formula is C15H13ClN4O2S. The van der Waals surface area contributed by atoms with Crippen molar-refractivity contribution in [2.45, 2.75) is 11.4 Å². The van der Waals surface area contributed by atoms with Gasteiger partial charge in [0, 0.05) is 5.02 Å². The van der Waals surface area contributed by atoms with Crippen LogP contribution in [0.4, 0.5) is 5.95 Å².